The van der Waals surface area contributed by atoms with E-state index in [1.165, 1.54) is 16.7 Å². The summed E-state index contributed by atoms with van der Waals surface area (Å²) >= 11 is 1.94. The summed E-state index contributed by atoms with van der Waals surface area (Å²) in [6, 6.07) is 12.7. The maximum absolute atomic E-state index is 4.22. The molecule has 1 aromatic heterocycles. The van der Waals surface area contributed by atoms with Crippen molar-refractivity contribution in [1.82, 2.24) is 4.98 Å². The van der Waals surface area contributed by atoms with E-state index >= 15 is 0 Å². The number of aromatic nitrogens is 1. The Morgan fingerprint density at radius 2 is 2.00 bits per heavy atom. The van der Waals surface area contributed by atoms with Crippen molar-refractivity contribution >= 4 is 17.6 Å². The first-order chi connectivity index (χ1) is 8.79. The normalized spacial score (nSPS) is 10.3. The van der Waals surface area contributed by atoms with Crippen molar-refractivity contribution in [2.45, 2.75) is 18.4 Å². The molecule has 2 rings (SSSR count). The van der Waals surface area contributed by atoms with Gasteiger partial charge in [-0.25, -0.2) is 4.98 Å². The van der Waals surface area contributed by atoms with Crippen LogP contribution in [0.2, 0.25) is 0 Å². The van der Waals surface area contributed by atoms with Crippen LogP contribution in [0.15, 0.2) is 42.6 Å². The summed E-state index contributed by atoms with van der Waals surface area (Å²) in [4.78, 5) is 4.22. The van der Waals surface area contributed by atoms with E-state index in [4.69, 9.17) is 0 Å². The number of rotatable bonds is 5. The Labute approximate surface area is 113 Å². The highest BCUT2D eigenvalue weighted by atomic mass is 32.2. The smallest absolute Gasteiger partial charge is 0.125 e. The molecule has 1 N–H and O–H groups in total. The number of nitrogens with one attached hydrogen (secondary N) is 1. The topological polar surface area (TPSA) is 24.9 Å². The van der Waals surface area contributed by atoms with Crippen LogP contribution in [0, 0.1) is 6.92 Å². The van der Waals surface area contributed by atoms with E-state index in [1.54, 1.807) is 0 Å². The molecule has 0 aliphatic carbocycles. The average Bonchev–Trinajstić information content (AvgIpc) is 2.41. The standard InChI is InChI=1S/C15H18N2S/c1-12-5-3-4-6-14(12)11-18-10-13-7-8-17-15(9-13)16-2/h3-9H,10-11H2,1-2H3,(H,16,17). The largest absolute Gasteiger partial charge is 0.373 e. The molecule has 0 radical (unpaired) electrons. The van der Waals surface area contributed by atoms with Crippen molar-refractivity contribution < 1.29 is 0 Å². The molecule has 2 aromatic rings. The molecule has 0 unspecified atom stereocenters. The van der Waals surface area contributed by atoms with Gasteiger partial charge in [0.2, 0.25) is 0 Å². The number of anilines is 1. The van der Waals surface area contributed by atoms with E-state index in [0.29, 0.717) is 0 Å². The Hall–Kier alpha value is -1.48. The second-order valence-corrected chi connectivity index (χ2v) is 5.20. The molecular formula is C15H18N2S. The second-order valence-electron chi connectivity index (χ2n) is 4.22. The third-order valence-corrected chi connectivity index (χ3v) is 3.92. The molecule has 1 aromatic carbocycles. The predicted octanol–water partition coefficient (Wildman–Crippen LogP) is 3.87. The highest BCUT2D eigenvalue weighted by Crippen LogP contribution is 2.20. The van der Waals surface area contributed by atoms with Crippen molar-refractivity contribution in [3.63, 3.8) is 0 Å². The van der Waals surface area contributed by atoms with Crippen LogP contribution in [0.4, 0.5) is 5.82 Å². The maximum atomic E-state index is 4.22. The Morgan fingerprint density at radius 1 is 1.17 bits per heavy atom. The van der Waals surface area contributed by atoms with Crippen LogP contribution in [0.5, 0.6) is 0 Å². The lowest BCUT2D eigenvalue weighted by atomic mass is 10.1. The number of nitrogens with zero attached hydrogens (tertiary/aromatic N) is 1. The van der Waals surface area contributed by atoms with Crippen molar-refractivity contribution in [2.24, 2.45) is 0 Å². The number of hydrogen-bond donors (Lipinski definition) is 1. The fraction of sp³-hybridized carbons (Fsp3) is 0.267. The quantitative estimate of drug-likeness (QED) is 0.881. The van der Waals surface area contributed by atoms with Crippen LogP contribution >= 0.6 is 11.8 Å². The predicted molar refractivity (Wildman–Crippen MR) is 80.0 cm³/mol. The third kappa shape index (κ3) is 3.50. The van der Waals surface area contributed by atoms with Gasteiger partial charge in [-0.05, 0) is 35.7 Å². The zero-order valence-electron chi connectivity index (χ0n) is 10.8. The Balaban J connectivity index is 1.90. The summed E-state index contributed by atoms with van der Waals surface area (Å²) in [5.41, 5.74) is 4.11. The molecule has 0 spiro atoms. The SMILES string of the molecule is CNc1cc(CSCc2ccccc2C)ccn1. The van der Waals surface area contributed by atoms with E-state index in [-0.39, 0.29) is 0 Å². The van der Waals surface area contributed by atoms with Gasteiger partial charge in [-0.1, -0.05) is 24.3 Å². The molecule has 0 atom stereocenters. The summed E-state index contributed by atoms with van der Waals surface area (Å²) < 4.78 is 0. The molecule has 0 aliphatic heterocycles. The van der Waals surface area contributed by atoms with Crippen LogP contribution in [0.3, 0.4) is 0 Å². The molecule has 3 heteroatoms. The van der Waals surface area contributed by atoms with E-state index in [0.717, 1.165) is 17.3 Å². The van der Waals surface area contributed by atoms with Gasteiger partial charge >= 0.3 is 0 Å². The van der Waals surface area contributed by atoms with Crippen molar-refractivity contribution in [1.29, 1.82) is 0 Å². The lowest BCUT2D eigenvalue weighted by Gasteiger charge is -2.06. The number of benzene rings is 1. The molecule has 94 valence electrons. The summed E-state index contributed by atoms with van der Waals surface area (Å²) in [5, 5.41) is 3.06. The van der Waals surface area contributed by atoms with Gasteiger partial charge in [-0.15, -0.1) is 0 Å². The van der Waals surface area contributed by atoms with Gasteiger partial charge in [-0.2, -0.15) is 11.8 Å². The minimum Gasteiger partial charge on any atom is -0.373 e. The van der Waals surface area contributed by atoms with Crippen LogP contribution in [-0.4, -0.2) is 12.0 Å². The molecule has 0 aliphatic rings. The van der Waals surface area contributed by atoms with Crippen molar-refractivity contribution in [2.75, 3.05) is 12.4 Å². The Kier molecular flexibility index (Phi) is 4.65. The molecule has 0 bridgehead atoms. The Bertz CT molecular complexity index is 511. The maximum Gasteiger partial charge on any atom is 0.125 e. The van der Waals surface area contributed by atoms with E-state index in [2.05, 4.69) is 53.6 Å². The zero-order valence-corrected chi connectivity index (χ0v) is 11.6. The first-order valence-electron chi connectivity index (χ1n) is 6.04. The van der Waals surface area contributed by atoms with E-state index < -0.39 is 0 Å². The lowest BCUT2D eigenvalue weighted by Crippen LogP contribution is -1.93. The second kappa shape index (κ2) is 6.45. The number of aryl methyl sites for hydroxylation is 1. The van der Waals surface area contributed by atoms with Crippen LogP contribution in [0.1, 0.15) is 16.7 Å². The fourth-order valence-electron chi connectivity index (χ4n) is 1.75. The van der Waals surface area contributed by atoms with E-state index in [9.17, 15) is 0 Å². The van der Waals surface area contributed by atoms with Crippen molar-refractivity contribution in [3.05, 3.63) is 59.3 Å². The highest BCUT2D eigenvalue weighted by molar-refractivity contribution is 7.97. The number of thioether (sulfide) groups is 1. The van der Waals surface area contributed by atoms with Gasteiger partial charge in [0.15, 0.2) is 0 Å². The summed E-state index contributed by atoms with van der Waals surface area (Å²) in [6.45, 7) is 2.17. The molecular weight excluding hydrogens is 240 g/mol. The molecule has 0 saturated heterocycles. The van der Waals surface area contributed by atoms with Gasteiger partial charge < -0.3 is 5.32 Å². The summed E-state index contributed by atoms with van der Waals surface area (Å²) in [6.07, 6.45) is 1.86. The summed E-state index contributed by atoms with van der Waals surface area (Å²) in [7, 11) is 1.90. The van der Waals surface area contributed by atoms with Crippen molar-refractivity contribution in [3.8, 4) is 0 Å². The number of pyridine rings is 1. The van der Waals surface area contributed by atoms with Gasteiger partial charge in [0.1, 0.15) is 5.82 Å². The lowest BCUT2D eigenvalue weighted by molar-refractivity contribution is 1.24. The summed E-state index contributed by atoms with van der Waals surface area (Å²) in [5.74, 6) is 3.01. The van der Waals surface area contributed by atoms with Crippen LogP contribution < -0.4 is 5.32 Å². The zero-order chi connectivity index (χ0) is 12.8. The minimum atomic E-state index is 0.934. The monoisotopic (exact) mass is 258 g/mol. The third-order valence-electron chi connectivity index (χ3n) is 2.87. The van der Waals surface area contributed by atoms with Gasteiger partial charge in [0.25, 0.3) is 0 Å². The van der Waals surface area contributed by atoms with Gasteiger partial charge in [-0.3, -0.25) is 0 Å². The first kappa shape index (κ1) is 13.0. The minimum absolute atomic E-state index is 0.934. The van der Waals surface area contributed by atoms with Gasteiger partial charge in [0, 0.05) is 24.8 Å². The molecule has 0 saturated carbocycles. The van der Waals surface area contributed by atoms with E-state index in [1.807, 2.05) is 25.0 Å². The Morgan fingerprint density at radius 3 is 2.78 bits per heavy atom. The van der Waals surface area contributed by atoms with Gasteiger partial charge in [0.05, 0.1) is 0 Å². The van der Waals surface area contributed by atoms with Crippen LogP contribution in [0.25, 0.3) is 0 Å². The molecule has 18 heavy (non-hydrogen) atoms. The molecule has 2 nitrogen and oxygen atoms in total. The fourth-order valence-corrected chi connectivity index (χ4v) is 2.81. The first-order valence-corrected chi connectivity index (χ1v) is 7.20. The highest BCUT2D eigenvalue weighted by Gasteiger charge is 1.99. The average molecular weight is 258 g/mol. The molecule has 1 heterocycles. The molecule has 0 fully saturated rings. The number of hydrogen-bond acceptors (Lipinski definition) is 3. The van der Waals surface area contributed by atoms with Crippen LogP contribution in [-0.2, 0) is 11.5 Å². The molecule has 0 amide bonds.